The molecule has 2 atom stereocenters. The van der Waals surface area contributed by atoms with Crippen molar-refractivity contribution >= 4 is 11.8 Å². The van der Waals surface area contributed by atoms with Gasteiger partial charge in [0.05, 0.1) is 0 Å². The Bertz CT molecular complexity index is 198. The van der Waals surface area contributed by atoms with Crippen molar-refractivity contribution in [3.05, 3.63) is 0 Å². The summed E-state index contributed by atoms with van der Waals surface area (Å²) >= 11 is 0.0571. The van der Waals surface area contributed by atoms with Crippen molar-refractivity contribution in [1.29, 1.82) is 0 Å². The normalized spacial score (nSPS) is 29.4. The van der Waals surface area contributed by atoms with Crippen LogP contribution in [0.4, 0.5) is 13.2 Å². The molecular weight excluding hydrogens is 225 g/mol. The van der Waals surface area contributed by atoms with Crippen molar-refractivity contribution in [3.8, 4) is 0 Å². The molecule has 0 aromatic rings. The van der Waals surface area contributed by atoms with Gasteiger partial charge in [-0.25, -0.2) is 0 Å². The van der Waals surface area contributed by atoms with Crippen LogP contribution in [0.15, 0.2) is 0 Å². The smallest absolute Gasteiger partial charge is 0.328 e. The van der Waals surface area contributed by atoms with E-state index in [4.69, 9.17) is 5.73 Å². The summed E-state index contributed by atoms with van der Waals surface area (Å²) in [6, 6.07) is 0.522. The number of alkyl halides is 3. The predicted octanol–water partition coefficient (Wildman–Crippen LogP) is 2.05. The Kier molecular flexibility index (Phi) is 4.73. The van der Waals surface area contributed by atoms with Crippen molar-refractivity contribution in [3.63, 3.8) is 0 Å². The van der Waals surface area contributed by atoms with E-state index in [1.54, 1.807) is 0 Å². The molecule has 1 aliphatic heterocycles. The number of hydrogen-bond donors (Lipinski definition) is 1. The molecule has 2 N–H and O–H groups in total. The van der Waals surface area contributed by atoms with Crippen LogP contribution in [0.3, 0.4) is 0 Å². The van der Waals surface area contributed by atoms with Crippen LogP contribution in [0.2, 0.25) is 0 Å². The number of halogens is 3. The third kappa shape index (κ3) is 5.08. The monoisotopic (exact) mass is 242 g/mol. The molecule has 15 heavy (non-hydrogen) atoms. The molecule has 0 amide bonds. The lowest BCUT2D eigenvalue weighted by Gasteiger charge is -2.36. The van der Waals surface area contributed by atoms with E-state index in [1.165, 1.54) is 0 Å². The summed E-state index contributed by atoms with van der Waals surface area (Å²) in [5, 5.41) is 0. The maximum Gasteiger partial charge on any atom is 0.441 e. The Hall–Kier alpha value is 0.0600. The van der Waals surface area contributed by atoms with E-state index in [1.807, 2.05) is 6.92 Å². The van der Waals surface area contributed by atoms with Crippen LogP contribution >= 0.6 is 11.8 Å². The van der Waals surface area contributed by atoms with E-state index in [2.05, 4.69) is 4.90 Å². The van der Waals surface area contributed by atoms with Gasteiger partial charge < -0.3 is 5.73 Å². The maximum atomic E-state index is 11.9. The first-order valence-electron chi connectivity index (χ1n) is 5.09. The lowest BCUT2D eigenvalue weighted by molar-refractivity contribution is -0.0329. The summed E-state index contributed by atoms with van der Waals surface area (Å²) < 4.78 is 35.7. The average Bonchev–Trinajstić information content (AvgIpc) is 2.07. The highest BCUT2D eigenvalue weighted by atomic mass is 32.2. The van der Waals surface area contributed by atoms with E-state index in [9.17, 15) is 13.2 Å². The number of rotatable bonds is 3. The summed E-state index contributed by atoms with van der Waals surface area (Å²) in [5.41, 5.74) is 1.67. The number of hydrogen-bond acceptors (Lipinski definition) is 3. The maximum absolute atomic E-state index is 11.9. The van der Waals surface area contributed by atoms with E-state index >= 15 is 0 Å². The summed E-state index contributed by atoms with van der Waals surface area (Å²) in [5.74, 6) is 0.114. The minimum Gasteiger partial charge on any atom is -0.328 e. The summed E-state index contributed by atoms with van der Waals surface area (Å²) in [6.07, 6.45) is 1.78. The molecule has 0 saturated carbocycles. The van der Waals surface area contributed by atoms with Crippen molar-refractivity contribution in [2.45, 2.75) is 37.4 Å². The summed E-state index contributed by atoms with van der Waals surface area (Å²) in [6.45, 7) is 3.34. The van der Waals surface area contributed by atoms with Gasteiger partial charge in [0.15, 0.2) is 0 Å². The number of piperidine rings is 1. The molecule has 1 saturated heterocycles. The zero-order valence-corrected chi connectivity index (χ0v) is 9.57. The Morgan fingerprint density at radius 2 is 2.13 bits per heavy atom. The second kappa shape index (κ2) is 5.41. The summed E-state index contributed by atoms with van der Waals surface area (Å²) in [7, 11) is 0. The fourth-order valence-corrected chi connectivity index (χ4v) is 2.43. The molecule has 2 nitrogen and oxygen atoms in total. The van der Waals surface area contributed by atoms with Gasteiger partial charge >= 0.3 is 5.51 Å². The van der Waals surface area contributed by atoms with Gasteiger partial charge in [0, 0.05) is 24.4 Å². The van der Waals surface area contributed by atoms with Gasteiger partial charge in [0.25, 0.3) is 0 Å². The molecule has 1 fully saturated rings. The van der Waals surface area contributed by atoms with Crippen molar-refractivity contribution < 1.29 is 13.2 Å². The van der Waals surface area contributed by atoms with Crippen LogP contribution in [0, 0.1) is 0 Å². The van der Waals surface area contributed by atoms with Gasteiger partial charge in [-0.2, -0.15) is 13.2 Å². The third-order valence-electron chi connectivity index (χ3n) is 2.70. The fraction of sp³-hybridized carbons (Fsp3) is 1.00. The van der Waals surface area contributed by atoms with Crippen LogP contribution in [0.5, 0.6) is 0 Å². The molecule has 0 aromatic heterocycles. The van der Waals surface area contributed by atoms with E-state index in [-0.39, 0.29) is 23.6 Å². The molecule has 0 aliphatic carbocycles. The Balaban J connectivity index is 2.21. The molecule has 1 rings (SSSR count). The molecule has 0 spiro atoms. The summed E-state index contributed by atoms with van der Waals surface area (Å²) in [4.78, 5) is 2.09. The van der Waals surface area contributed by atoms with Crippen LogP contribution in [0.1, 0.15) is 19.8 Å². The first-order chi connectivity index (χ1) is 6.88. The average molecular weight is 242 g/mol. The molecule has 0 aromatic carbocycles. The highest BCUT2D eigenvalue weighted by molar-refractivity contribution is 8.00. The van der Waals surface area contributed by atoms with Crippen LogP contribution < -0.4 is 5.73 Å². The van der Waals surface area contributed by atoms with Gasteiger partial charge in [-0.05, 0) is 38.1 Å². The largest absolute Gasteiger partial charge is 0.441 e. The minimum absolute atomic E-state index is 0.0571. The number of nitrogens with two attached hydrogens (primary N) is 1. The van der Waals surface area contributed by atoms with Crippen LogP contribution in [-0.4, -0.2) is 41.3 Å². The van der Waals surface area contributed by atoms with E-state index in [0.29, 0.717) is 12.6 Å². The van der Waals surface area contributed by atoms with E-state index < -0.39 is 5.51 Å². The molecule has 6 heteroatoms. The van der Waals surface area contributed by atoms with Crippen molar-refractivity contribution in [2.75, 3.05) is 18.8 Å². The van der Waals surface area contributed by atoms with Gasteiger partial charge in [0.1, 0.15) is 0 Å². The molecule has 90 valence electrons. The zero-order valence-electron chi connectivity index (χ0n) is 8.76. The first kappa shape index (κ1) is 13.1. The van der Waals surface area contributed by atoms with Crippen molar-refractivity contribution in [2.24, 2.45) is 5.73 Å². The van der Waals surface area contributed by atoms with Crippen molar-refractivity contribution in [1.82, 2.24) is 4.90 Å². The zero-order chi connectivity index (χ0) is 11.5. The van der Waals surface area contributed by atoms with Gasteiger partial charge in [0.2, 0.25) is 0 Å². The minimum atomic E-state index is -4.10. The second-order valence-electron chi connectivity index (χ2n) is 3.96. The van der Waals surface area contributed by atoms with E-state index in [0.717, 1.165) is 19.4 Å². The lowest BCUT2D eigenvalue weighted by atomic mass is 9.99. The predicted molar refractivity (Wildman–Crippen MR) is 56.8 cm³/mol. The Morgan fingerprint density at radius 1 is 1.47 bits per heavy atom. The SMILES string of the molecule is CC1CC(N)CCN1CCSC(F)(F)F. The fourth-order valence-electron chi connectivity index (χ4n) is 1.87. The Labute approximate surface area is 92.4 Å². The number of nitrogens with zero attached hydrogens (tertiary/aromatic N) is 1. The standard InChI is InChI=1S/C9H17F3N2S/c1-7-6-8(13)2-3-14(7)4-5-15-9(10,11)12/h7-8H,2-6,13H2,1H3. The van der Waals surface area contributed by atoms with Gasteiger partial charge in [-0.3, -0.25) is 4.90 Å². The molecule has 0 bridgehead atoms. The quantitative estimate of drug-likeness (QED) is 0.821. The molecule has 2 unspecified atom stereocenters. The highest BCUT2D eigenvalue weighted by Crippen LogP contribution is 2.30. The highest BCUT2D eigenvalue weighted by Gasteiger charge is 2.29. The molecule has 1 heterocycles. The molecular formula is C9H17F3N2S. The lowest BCUT2D eigenvalue weighted by Crippen LogP contribution is -2.46. The topological polar surface area (TPSA) is 29.3 Å². The number of thioether (sulfide) groups is 1. The first-order valence-corrected chi connectivity index (χ1v) is 6.07. The third-order valence-corrected chi connectivity index (χ3v) is 3.41. The van der Waals surface area contributed by atoms with Crippen LogP contribution in [-0.2, 0) is 0 Å². The number of likely N-dealkylation sites (tertiary alicyclic amines) is 1. The van der Waals surface area contributed by atoms with Gasteiger partial charge in [-0.1, -0.05) is 0 Å². The second-order valence-corrected chi connectivity index (χ2v) is 5.12. The van der Waals surface area contributed by atoms with Gasteiger partial charge in [-0.15, -0.1) is 0 Å². The van der Waals surface area contributed by atoms with Crippen LogP contribution in [0.25, 0.3) is 0 Å². The molecule has 0 radical (unpaired) electrons. The molecule has 1 aliphatic rings. The Morgan fingerprint density at radius 3 is 2.67 bits per heavy atom.